The lowest BCUT2D eigenvalue weighted by Gasteiger charge is -2.38. The molecule has 0 amide bonds. The Morgan fingerprint density at radius 2 is 1.75 bits per heavy atom. The average molecular weight is 455 g/mol. The molecule has 3 rings (SSSR count). The number of aryl methyl sites for hydroxylation is 1. The summed E-state index contributed by atoms with van der Waals surface area (Å²) in [7, 11) is 0. The molecule has 0 saturated heterocycles. The number of rotatable bonds is 6. The summed E-state index contributed by atoms with van der Waals surface area (Å²) in [5, 5.41) is 23.4. The molecule has 3 aromatic rings. The molecule has 1 unspecified atom stereocenters. The van der Waals surface area contributed by atoms with Crippen molar-refractivity contribution in [3.63, 3.8) is 0 Å². The molecule has 0 aliphatic rings. The Morgan fingerprint density at radius 1 is 1.06 bits per heavy atom. The minimum Gasteiger partial charge on any atom is -0.508 e. The Kier molecular flexibility index (Phi) is 6.03. The van der Waals surface area contributed by atoms with Crippen LogP contribution in [0, 0.1) is 18.6 Å². The summed E-state index contributed by atoms with van der Waals surface area (Å²) < 4.78 is 69.6. The van der Waals surface area contributed by atoms with Gasteiger partial charge < -0.3 is 15.5 Å². The fourth-order valence-electron chi connectivity index (χ4n) is 3.71. The molecule has 2 aromatic carbocycles. The molecule has 32 heavy (non-hydrogen) atoms. The zero-order chi connectivity index (χ0) is 23.9. The van der Waals surface area contributed by atoms with Crippen LogP contribution in [0.5, 0.6) is 5.75 Å². The summed E-state index contributed by atoms with van der Waals surface area (Å²) in [6, 6.07) is 5.25. The molecule has 0 radical (unpaired) electrons. The van der Waals surface area contributed by atoms with Crippen molar-refractivity contribution in [2.75, 3.05) is 11.9 Å². The van der Waals surface area contributed by atoms with Crippen LogP contribution in [-0.4, -0.2) is 38.5 Å². The van der Waals surface area contributed by atoms with Crippen molar-refractivity contribution in [2.24, 2.45) is 0 Å². The van der Waals surface area contributed by atoms with Gasteiger partial charge in [0, 0.05) is 22.8 Å². The molecule has 10 heteroatoms. The molecule has 0 spiro atoms. The van der Waals surface area contributed by atoms with E-state index in [1.807, 2.05) is 0 Å². The van der Waals surface area contributed by atoms with Crippen LogP contribution in [-0.2, 0) is 5.41 Å². The number of fused-ring (bicyclic) bond motifs is 1. The van der Waals surface area contributed by atoms with Crippen molar-refractivity contribution >= 4 is 16.6 Å². The van der Waals surface area contributed by atoms with Gasteiger partial charge in [0.05, 0.1) is 6.54 Å². The largest absolute Gasteiger partial charge is 0.508 e. The van der Waals surface area contributed by atoms with E-state index in [0.29, 0.717) is 0 Å². The highest BCUT2D eigenvalue weighted by atomic mass is 19.4. The minimum atomic E-state index is -5.07. The molecule has 0 bridgehead atoms. The number of alkyl halides is 3. The first-order valence-electron chi connectivity index (χ1n) is 9.67. The number of nitrogens with one attached hydrogen (secondary N) is 1. The van der Waals surface area contributed by atoms with E-state index in [1.165, 1.54) is 26.1 Å². The van der Waals surface area contributed by atoms with Crippen LogP contribution in [0.1, 0.15) is 31.7 Å². The van der Waals surface area contributed by atoms with Crippen LogP contribution in [0.2, 0.25) is 0 Å². The lowest BCUT2D eigenvalue weighted by atomic mass is 9.74. The molecule has 172 valence electrons. The van der Waals surface area contributed by atoms with Gasteiger partial charge in [-0.3, -0.25) is 0 Å². The second kappa shape index (κ2) is 8.16. The number of phenolic OH excluding ortho intramolecular Hbond substituents is 1. The van der Waals surface area contributed by atoms with Gasteiger partial charge in [-0.25, -0.2) is 18.7 Å². The monoisotopic (exact) mass is 455 g/mol. The fourth-order valence-corrected chi connectivity index (χ4v) is 3.71. The fraction of sp³-hybridized carbons (Fsp3) is 0.364. The van der Waals surface area contributed by atoms with Crippen LogP contribution >= 0.6 is 0 Å². The molecular weight excluding hydrogens is 433 g/mol. The Morgan fingerprint density at radius 3 is 2.41 bits per heavy atom. The zero-order valence-electron chi connectivity index (χ0n) is 17.6. The van der Waals surface area contributed by atoms with E-state index in [4.69, 9.17) is 0 Å². The van der Waals surface area contributed by atoms with Gasteiger partial charge in [-0.05, 0) is 49.1 Å². The smallest absolute Gasteiger partial charge is 0.418 e. The van der Waals surface area contributed by atoms with Gasteiger partial charge in [-0.15, -0.1) is 0 Å². The van der Waals surface area contributed by atoms with E-state index in [1.54, 1.807) is 6.92 Å². The van der Waals surface area contributed by atoms with E-state index in [-0.39, 0.29) is 33.7 Å². The maximum absolute atomic E-state index is 14.1. The lowest BCUT2D eigenvalue weighted by Crippen LogP contribution is -2.53. The maximum Gasteiger partial charge on any atom is 0.418 e. The number of aromatic hydroxyl groups is 1. The zero-order valence-corrected chi connectivity index (χ0v) is 17.6. The van der Waals surface area contributed by atoms with Crippen molar-refractivity contribution in [3.05, 3.63) is 59.6 Å². The first-order chi connectivity index (χ1) is 14.7. The average Bonchev–Trinajstić information content (AvgIpc) is 2.68. The Labute approximate surface area is 180 Å². The third-order valence-corrected chi connectivity index (χ3v) is 5.34. The highest BCUT2D eigenvalue weighted by Crippen LogP contribution is 2.43. The van der Waals surface area contributed by atoms with Crippen LogP contribution in [0.15, 0.2) is 36.5 Å². The maximum atomic E-state index is 14.1. The quantitative estimate of drug-likeness (QED) is 0.456. The van der Waals surface area contributed by atoms with Gasteiger partial charge in [0.2, 0.25) is 0 Å². The van der Waals surface area contributed by atoms with Crippen molar-refractivity contribution in [3.8, 4) is 5.75 Å². The van der Waals surface area contributed by atoms with Crippen LogP contribution in [0.4, 0.5) is 27.6 Å². The van der Waals surface area contributed by atoms with Crippen molar-refractivity contribution in [1.29, 1.82) is 0 Å². The van der Waals surface area contributed by atoms with Crippen molar-refractivity contribution in [2.45, 2.75) is 44.4 Å². The summed E-state index contributed by atoms with van der Waals surface area (Å²) in [4.78, 5) is 7.93. The second-order valence-corrected chi connectivity index (χ2v) is 8.38. The molecule has 0 aliphatic heterocycles. The van der Waals surface area contributed by atoms with Crippen LogP contribution in [0.3, 0.4) is 0 Å². The number of hydrogen-bond donors (Lipinski definition) is 3. The third-order valence-electron chi connectivity index (χ3n) is 5.34. The molecule has 0 saturated carbocycles. The standard InChI is InChI=1S/C22H22F5N3O2/c1-12-28-9-14-17(6-5-16(24)19(14)30-12)29-11-21(32,22(25,26)27)10-20(2,3)15-8-13(23)4-7-18(15)31/h4-9,29,31-32H,10-11H2,1-3H3. The molecule has 3 N–H and O–H groups in total. The Bertz CT molecular complexity index is 1150. The predicted octanol–water partition coefficient (Wildman–Crippen LogP) is 5.00. The summed E-state index contributed by atoms with van der Waals surface area (Å²) in [6.07, 6.45) is -4.67. The third kappa shape index (κ3) is 4.59. The van der Waals surface area contributed by atoms with Gasteiger partial charge in [-0.1, -0.05) is 13.8 Å². The van der Waals surface area contributed by atoms with Crippen molar-refractivity contribution < 1.29 is 32.2 Å². The number of hydrogen-bond acceptors (Lipinski definition) is 5. The Hall–Kier alpha value is -3.01. The Balaban J connectivity index is 1.95. The summed E-state index contributed by atoms with van der Waals surface area (Å²) in [6.45, 7) is 3.29. The van der Waals surface area contributed by atoms with E-state index in [9.17, 15) is 32.2 Å². The number of aromatic nitrogens is 2. The van der Waals surface area contributed by atoms with Crippen LogP contribution in [0.25, 0.3) is 10.9 Å². The lowest BCUT2D eigenvalue weighted by molar-refractivity contribution is -0.260. The first kappa shape index (κ1) is 23.6. The van der Waals surface area contributed by atoms with Gasteiger partial charge in [0.25, 0.3) is 0 Å². The van der Waals surface area contributed by atoms with Gasteiger partial charge in [0.1, 0.15) is 28.7 Å². The van der Waals surface area contributed by atoms with Gasteiger partial charge >= 0.3 is 6.18 Å². The van der Waals surface area contributed by atoms with Crippen molar-refractivity contribution in [1.82, 2.24) is 9.97 Å². The first-order valence-corrected chi connectivity index (χ1v) is 9.67. The van der Waals surface area contributed by atoms with Gasteiger partial charge in [-0.2, -0.15) is 13.2 Å². The predicted molar refractivity (Wildman–Crippen MR) is 109 cm³/mol. The number of nitrogens with zero attached hydrogens (tertiary/aromatic N) is 2. The molecule has 1 atom stereocenters. The topological polar surface area (TPSA) is 78.3 Å². The van der Waals surface area contributed by atoms with E-state index in [0.717, 1.165) is 24.3 Å². The van der Waals surface area contributed by atoms with Gasteiger partial charge in [0.15, 0.2) is 5.60 Å². The molecule has 0 aliphatic carbocycles. The highest BCUT2D eigenvalue weighted by Gasteiger charge is 2.56. The summed E-state index contributed by atoms with van der Waals surface area (Å²) >= 11 is 0. The normalized spacial score (nSPS) is 14.4. The molecule has 1 aromatic heterocycles. The summed E-state index contributed by atoms with van der Waals surface area (Å²) in [5.41, 5.74) is -4.75. The molecule has 5 nitrogen and oxygen atoms in total. The number of halogens is 5. The number of phenols is 1. The molecule has 0 fully saturated rings. The number of aliphatic hydroxyl groups is 1. The minimum absolute atomic E-state index is 0.0666. The number of benzene rings is 2. The second-order valence-electron chi connectivity index (χ2n) is 8.38. The SMILES string of the molecule is Cc1ncc2c(NCC(O)(CC(C)(C)c3cc(F)ccc3O)C(F)(F)F)ccc(F)c2n1. The molecular formula is C22H22F5N3O2. The number of anilines is 1. The molecule has 1 heterocycles. The van der Waals surface area contributed by atoms with Crippen LogP contribution < -0.4 is 5.32 Å². The van der Waals surface area contributed by atoms with E-state index in [2.05, 4.69) is 15.3 Å². The highest BCUT2D eigenvalue weighted by molar-refractivity contribution is 5.91. The van der Waals surface area contributed by atoms with E-state index >= 15 is 0 Å². The summed E-state index contributed by atoms with van der Waals surface area (Å²) in [5.74, 6) is -1.49. The van der Waals surface area contributed by atoms with E-state index < -0.39 is 41.8 Å².